The summed E-state index contributed by atoms with van der Waals surface area (Å²) in [7, 11) is 16.9. The van der Waals surface area contributed by atoms with Crippen molar-refractivity contribution < 1.29 is 18.9 Å². The summed E-state index contributed by atoms with van der Waals surface area (Å²) >= 11 is 42.2. The molecule has 3 fully saturated rings. The average molecular weight is 1870 g/mol. The van der Waals surface area contributed by atoms with Gasteiger partial charge in [-0.2, -0.15) is 59.8 Å². The molecule has 8 aromatic rings. The Kier molecular flexibility index (Phi) is 50.3. The minimum atomic E-state index is 0.0112. The molecule has 0 radical (unpaired) electrons. The van der Waals surface area contributed by atoms with Crippen LogP contribution in [0.4, 0.5) is 76.3 Å². The van der Waals surface area contributed by atoms with Crippen LogP contribution in [0.5, 0.6) is 23.0 Å². The number of likely N-dealkylation sites (tertiary alicyclic amines) is 2. The van der Waals surface area contributed by atoms with Gasteiger partial charge in [0.15, 0.2) is 0 Å². The van der Waals surface area contributed by atoms with Crippen LogP contribution in [0.1, 0.15) is 171 Å². The molecule has 4 aromatic heterocycles. The lowest BCUT2D eigenvalue weighted by atomic mass is 10.0. The van der Waals surface area contributed by atoms with E-state index >= 15 is 0 Å². The number of hydrogen-bond acceptors (Lipinski definition) is 30. The highest BCUT2D eigenvalue weighted by Gasteiger charge is 2.27. The van der Waals surface area contributed by atoms with Crippen LogP contribution in [-0.2, 0) is 0 Å². The molecule has 0 aliphatic carbocycles. The van der Waals surface area contributed by atoms with E-state index in [0.717, 1.165) is 178 Å². The number of methoxy groups -OCH3 is 4. The molecule has 30 nitrogen and oxygen atoms in total. The highest BCUT2D eigenvalue weighted by Crippen LogP contribution is 2.35. The Hall–Kier alpha value is -7.85. The van der Waals surface area contributed by atoms with Crippen molar-refractivity contribution >= 4 is 157 Å². The predicted octanol–water partition coefficient (Wildman–Crippen LogP) is 19.9. The number of unbranched alkanes of at least 4 members (excludes halogenated alkanes) is 4. The topological polar surface area (TPSA) is 298 Å². The lowest BCUT2D eigenvalue weighted by Crippen LogP contribution is -2.42. The van der Waals surface area contributed by atoms with E-state index in [1.807, 2.05) is 42.5 Å². The fraction of sp³-hybridized carbons (Fsp3) is 0.591. The first kappa shape index (κ1) is 106. The Balaban J connectivity index is 0.000000245. The molecule has 692 valence electrons. The molecule has 7 N–H and O–H groups in total. The number of nitrogens with one attached hydrogen (secondary N) is 7. The summed E-state index contributed by atoms with van der Waals surface area (Å²) in [6, 6.07) is 23.2. The number of ether oxygens (including phenoxy) is 4. The van der Waals surface area contributed by atoms with Gasteiger partial charge in [0, 0.05) is 94.2 Å². The summed E-state index contributed by atoms with van der Waals surface area (Å²) in [5, 5.41) is 25.0. The predicted molar refractivity (Wildman–Crippen MR) is 523 cm³/mol. The smallest absolute Gasteiger partial charge is 0.233 e. The average Bonchev–Trinajstić information content (AvgIpc) is 0.802. The maximum absolute atomic E-state index is 6.33. The molecule has 37 heteroatoms. The Labute approximate surface area is 778 Å². The molecule has 0 unspecified atom stereocenters. The molecule has 0 bridgehead atoms. The first-order valence-electron chi connectivity index (χ1n) is 44.0. The van der Waals surface area contributed by atoms with Crippen molar-refractivity contribution in [2.24, 2.45) is 0 Å². The molecule has 125 heavy (non-hydrogen) atoms. The minimum absolute atomic E-state index is 0.0112. The van der Waals surface area contributed by atoms with E-state index in [-0.39, 0.29) is 21.8 Å². The van der Waals surface area contributed by atoms with E-state index in [1.54, 1.807) is 58.8 Å². The molecule has 0 saturated carbocycles. The van der Waals surface area contributed by atoms with Gasteiger partial charge in [-0.3, -0.25) is 0 Å². The Morgan fingerprint density at radius 1 is 0.360 bits per heavy atom. The van der Waals surface area contributed by atoms with Crippen LogP contribution in [0.2, 0.25) is 35.9 Å². The van der Waals surface area contributed by atoms with Gasteiger partial charge in [0.2, 0.25) is 69.4 Å². The highest BCUT2D eigenvalue weighted by molar-refractivity contribution is 6.33. The lowest BCUT2D eigenvalue weighted by Gasteiger charge is -2.35. The van der Waals surface area contributed by atoms with E-state index in [4.69, 9.17) is 130 Å². The van der Waals surface area contributed by atoms with Crippen molar-refractivity contribution in [3.8, 4) is 23.0 Å². The van der Waals surface area contributed by atoms with Gasteiger partial charge in [-0.05, 0) is 271 Å². The van der Waals surface area contributed by atoms with E-state index in [0.29, 0.717) is 102 Å². The van der Waals surface area contributed by atoms with Crippen molar-refractivity contribution in [3.63, 3.8) is 0 Å². The molecule has 4 aromatic carbocycles. The molecule has 11 rings (SSSR count). The van der Waals surface area contributed by atoms with Crippen molar-refractivity contribution in [2.45, 2.75) is 189 Å². The molecular formula is C88H137Cl7N26O4. The number of anilines is 13. The number of halogens is 7. The molecule has 3 aliphatic rings. The summed E-state index contributed by atoms with van der Waals surface area (Å²) in [5.74, 6) is 7.53. The Bertz CT molecular complexity index is 4320. The normalized spacial score (nSPS) is 13.6. The highest BCUT2D eigenvalue weighted by atomic mass is 35.5. The monoisotopic (exact) mass is 1870 g/mol. The Morgan fingerprint density at radius 2 is 0.672 bits per heavy atom. The second kappa shape index (κ2) is 59.3. The summed E-state index contributed by atoms with van der Waals surface area (Å²) in [6.45, 7) is 32.0. The van der Waals surface area contributed by atoms with Gasteiger partial charge in [0.25, 0.3) is 0 Å². The van der Waals surface area contributed by atoms with E-state index in [9.17, 15) is 0 Å². The van der Waals surface area contributed by atoms with Gasteiger partial charge in [-0.15, -0.1) is 0 Å². The van der Waals surface area contributed by atoms with Crippen molar-refractivity contribution in [2.75, 3.05) is 201 Å². The molecular weight excluding hydrogens is 1730 g/mol. The van der Waals surface area contributed by atoms with E-state index < -0.39 is 0 Å². The number of aromatic nitrogens is 12. The number of nitrogens with zero attached hydrogens (tertiary/aromatic N) is 19. The third-order valence-corrected chi connectivity index (χ3v) is 22.4. The second-order valence-corrected chi connectivity index (χ2v) is 33.2. The zero-order valence-electron chi connectivity index (χ0n) is 76.6. The molecule has 0 spiro atoms. The molecule has 0 amide bonds. The standard InChI is InChI=1S/C24H38ClN7O.C23H36ClN7O.C17H23Cl2N5O.C10H7Cl3N4O.C7H16N2.C7H17N/c1-6-8-14-32(13-7-2)24-28-22(26-18-9-10-21(33-5)20(25)17-18)27-23(29-24)31(4)19-11-15-30(3)16-12-19;1-5-7-15-31(14-6-2)23-28-21(26-17-8-9-20(32-4)19(24)16-17)27-22(29-23)30(3)18-10-12-25-13-11-18;1-4-6-10-24(9-5-2)17-22-15(19)21-16(23-17)20-12-7-8-14(25-3)13(18)11-12;1-18-7-3-2-5(4-6(7)11)14-10-16-8(12)15-9(13)17-10;1-8-7-3-5-9(2)6-4-7;1-3-5-7-8-6-4-2/h9-10,17,19H,6-8,11-16H2,1-5H3,(H,26,27,28,29);8-9,16,18,25H,5-7,10-15H2,1-4H3,(H,26,27,28,29);7-8,11H,4-6,9-10H2,1-3H3,(H,20,21,22,23);2-4H,1H3,(H,14,15,16,17);7-8H,3-6H2,1-2H3;8H,3-7H2,1-2H3. The van der Waals surface area contributed by atoms with Crippen molar-refractivity contribution in [1.82, 2.24) is 85.6 Å². The fourth-order valence-corrected chi connectivity index (χ4v) is 15.0. The summed E-state index contributed by atoms with van der Waals surface area (Å²) in [6.07, 6.45) is 20.5. The summed E-state index contributed by atoms with van der Waals surface area (Å²) in [4.78, 5) is 69.1. The molecule has 0 atom stereocenters. The third kappa shape index (κ3) is 37.8. The van der Waals surface area contributed by atoms with Gasteiger partial charge in [0.1, 0.15) is 23.0 Å². The Morgan fingerprint density at radius 3 is 0.992 bits per heavy atom. The number of rotatable bonds is 40. The second-order valence-electron chi connectivity index (χ2n) is 30.6. The van der Waals surface area contributed by atoms with Gasteiger partial charge < -0.3 is 90.5 Å². The largest absolute Gasteiger partial charge is 0.495 e. The number of hydrogen-bond donors (Lipinski definition) is 7. The van der Waals surface area contributed by atoms with Crippen LogP contribution >= 0.6 is 81.2 Å². The van der Waals surface area contributed by atoms with Gasteiger partial charge >= 0.3 is 0 Å². The van der Waals surface area contributed by atoms with E-state index in [1.165, 1.54) is 58.3 Å². The molecule has 3 saturated heterocycles. The summed E-state index contributed by atoms with van der Waals surface area (Å²) in [5.41, 5.74) is 3.04. The fourth-order valence-electron chi connectivity index (χ4n) is 13.4. The molecule has 7 heterocycles. The number of benzene rings is 4. The van der Waals surface area contributed by atoms with E-state index in [2.05, 4.69) is 192 Å². The van der Waals surface area contributed by atoms with Gasteiger partial charge in [-0.1, -0.05) is 127 Å². The maximum atomic E-state index is 6.33. The first-order valence-corrected chi connectivity index (χ1v) is 46.6. The SMILES string of the molecule is CCCCN(CCC)c1nc(Cl)nc(Nc2ccc(OC)c(Cl)c2)n1.CCCCN(CCC)c1nc(Nc2ccc(OC)c(Cl)c2)nc(N(C)C2CCN(C)CC2)n1.CCCCN(CCC)c1nc(Nc2ccc(OC)c(Cl)c2)nc(N(C)C2CCNCC2)n1.CCCCNCCC.CNC1CCN(C)CC1.COc1ccc(Nc2nc(Cl)nc(Cl)n2)cc1Cl. The van der Waals surface area contributed by atoms with Crippen LogP contribution in [0.3, 0.4) is 0 Å². The summed E-state index contributed by atoms with van der Waals surface area (Å²) < 4.78 is 20.7. The van der Waals surface area contributed by atoms with Gasteiger partial charge in [-0.25, -0.2) is 0 Å². The lowest BCUT2D eigenvalue weighted by molar-refractivity contribution is 0.240. The minimum Gasteiger partial charge on any atom is -0.495 e. The zero-order chi connectivity index (χ0) is 91.0. The van der Waals surface area contributed by atoms with Crippen molar-refractivity contribution in [3.05, 3.63) is 109 Å². The first-order chi connectivity index (χ1) is 60.4. The van der Waals surface area contributed by atoms with Crippen LogP contribution in [0.15, 0.2) is 72.8 Å². The van der Waals surface area contributed by atoms with Crippen LogP contribution in [-0.4, -0.2) is 243 Å². The van der Waals surface area contributed by atoms with Gasteiger partial charge in [0.05, 0.1) is 48.5 Å². The maximum Gasteiger partial charge on any atom is 0.233 e. The van der Waals surface area contributed by atoms with Crippen LogP contribution < -0.4 is 80.7 Å². The zero-order valence-corrected chi connectivity index (χ0v) is 81.9. The van der Waals surface area contributed by atoms with Crippen LogP contribution in [0.25, 0.3) is 0 Å². The van der Waals surface area contributed by atoms with Crippen LogP contribution in [0, 0.1) is 0 Å². The third-order valence-electron chi connectivity index (χ3n) is 20.7. The van der Waals surface area contributed by atoms with Crippen molar-refractivity contribution in [1.29, 1.82) is 0 Å². The number of piperidine rings is 3. The molecule has 3 aliphatic heterocycles. The quantitative estimate of drug-likeness (QED) is 0.0176.